The second kappa shape index (κ2) is 10.2. The molecule has 6 heteroatoms. The molecule has 0 bridgehead atoms. The van der Waals surface area contributed by atoms with Crippen LogP contribution in [0.5, 0.6) is 0 Å². The number of carbonyl (C=O) groups excluding carboxylic acids is 2. The smallest absolute Gasteiger partial charge is 0.220 e. The first-order valence-electron chi connectivity index (χ1n) is 10.8. The maximum atomic E-state index is 13.4. The van der Waals surface area contributed by atoms with Gasteiger partial charge in [-0.2, -0.15) is 0 Å². The highest BCUT2D eigenvalue weighted by Gasteiger charge is 2.30. The highest BCUT2D eigenvalue weighted by atomic mass is 79.9. The molecular weight excluding hydrogens is 490 g/mol. The number of amides is 1. The third-order valence-electron chi connectivity index (χ3n) is 5.93. The van der Waals surface area contributed by atoms with Crippen LogP contribution in [0.4, 0.5) is 0 Å². The molecule has 2 aliphatic rings. The van der Waals surface area contributed by atoms with Crippen LogP contribution in [-0.2, 0) is 27.2 Å². The van der Waals surface area contributed by atoms with Gasteiger partial charge in [0.2, 0.25) is 5.91 Å². The van der Waals surface area contributed by atoms with E-state index in [0.717, 1.165) is 45.2 Å². The number of rotatable bonds is 9. The summed E-state index contributed by atoms with van der Waals surface area (Å²) in [5, 5.41) is 3.52. The molecule has 0 aliphatic heterocycles. The van der Waals surface area contributed by atoms with Crippen molar-refractivity contribution in [3.63, 3.8) is 0 Å². The average molecular weight is 515 g/mol. The van der Waals surface area contributed by atoms with Gasteiger partial charge < -0.3 is 10.1 Å². The first kappa shape index (κ1) is 23.0. The van der Waals surface area contributed by atoms with Crippen molar-refractivity contribution in [3.8, 4) is 0 Å². The van der Waals surface area contributed by atoms with Crippen molar-refractivity contribution >= 4 is 50.9 Å². The Morgan fingerprint density at radius 1 is 1.09 bits per heavy atom. The second-order valence-corrected chi connectivity index (χ2v) is 9.49. The Morgan fingerprint density at radius 3 is 2.75 bits per heavy atom. The van der Waals surface area contributed by atoms with Gasteiger partial charge in [-0.05, 0) is 76.9 Å². The largest absolute Gasteiger partial charge is 0.383 e. The van der Waals surface area contributed by atoms with E-state index in [1.54, 1.807) is 7.11 Å². The zero-order valence-corrected chi connectivity index (χ0v) is 20.3. The lowest BCUT2D eigenvalue weighted by Gasteiger charge is -2.10. The number of allylic oxidation sites excluding steroid dienone is 3. The van der Waals surface area contributed by atoms with Crippen LogP contribution in [0.25, 0.3) is 11.6 Å². The van der Waals surface area contributed by atoms with Gasteiger partial charge >= 0.3 is 0 Å². The summed E-state index contributed by atoms with van der Waals surface area (Å²) in [7, 11) is 1.60. The van der Waals surface area contributed by atoms with Gasteiger partial charge in [0.25, 0.3) is 0 Å². The Morgan fingerprint density at radius 2 is 1.94 bits per heavy atom. The molecule has 0 atom stereocenters. The molecule has 0 aromatic heterocycles. The summed E-state index contributed by atoms with van der Waals surface area (Å²) in [6, 6.07) is 12.1. The van der Waals surface area contributed by atoms with Gasteiger partial charge in [-0.15, -0.1) is 0 Å². The zero-order valence-electron chi connectivity index (χ0n) is 18.0. The summed E-state index contributed by atoms with van der Waals surface area (Å²) in [5.41, 5.74) is 7.59. The first-order valence-corrected chi connectivity index (χ1v) is 11.9. The van der Waals surface area contributed by atoms with Crippen molar-refractivity contribution in [1.82, 2.24) is 5.32 Å². The molecule has 2 aliphatic carbocycles. The molecule has 2 aromatic rings. The molecule has 2 aromatic carbocycles. The van der Waals surface area contributed by atoms with E-state index in [1.807, 2.05) is 24.3 Å². The van der Waals surface area contributed by atoms with E-state index >= 15 is 0 Å². The fourth-order valence-electron chi connectivity index (χ4n) is 4.40. The van der Waals surface area contributed by atoms with Gasteiger partial charge in [0, 0.05) is 41.6 Å². The van der Waals surface area contributed by atoms with E-state index in [2.05, 4.69) is 39.5 Å². The molecule has 0 heterocycles. The van der Waals surface area contributed by atoms with Gasteiger partial charge in [-0.25, -0.2) is 0 Å². The summed E-state index contributed by atoms with van der Waals surface area (Å²) in [6.07, 6.45) is 4.90. The number of benzene rings is 2. The molecule has 0 fully saturated rings. The number of Topliss-reactive ketones (excluding diaryl/α,β-unsaturated/α-hetero) is 1. The fourth-order valence-corrected chi connectivity index (χ4v) is 4.99. The summed E-state index contributed by atoms with van der Waals surface area (Å²) < 4.78 is 5.95. The van der Waals surface area contributed by atoms with Crippen LogP contribution in [0.3, 0.4) is 0 Å². The van der Waals surface area contributed by atoms with E-state index in [0.29, 0.717) is 37.4 Å². The Balaban J connectivity index is 1.54. The summed E-state index contributed by atoms with van der Waals surface area (Å²) in [5.74, 6) is 0.0475. The van der Waals surface area contributed by atoms with Gasteiger partial charge in [0.1, 0.15) is 0 Å². The lowest BCUT2D eigenvalue weighted by atomic mass is 9.94. The first-order chi connectivity index (χ1) is 15.5. The van der Waals surface area contributed by atoms with E-state index in [-0.39, 0.29) is 11.7 Å². The van der Waals surface area contributed by atoms with Crippen molar-refractivity contribution in [1.29, 1.82) is 0 Å². The minimum Gasteiger partial charge on any atom is -0.383 e. The number of hydrogen-bond acceptors (Lipinski definition) is 3. The number of fused-ring (bicyclic) bond motifs is 2. The number of ketones is 1. The van der Waals surface area contributed by atoms with Gasteiger partial charge in [0.05, 0.1) is 6.61 Å². The Labute approximate surface area is 201 Å². The molecule has 1 N–H and O–H groups in total. The number of nitrogens with one attached hydrogen (secondary N) is 1. The van der Waals surface area contributed by atoms with E-state index in [9.17, 15) is 9.59 Å². The monoisotopic (exact) mass is 513 g/mol. The van der Waals surface area contributed by atoms with Gasteiger partial charge in [-0.1, -0.05) is 45.7 Å². The van der Waals surface area contributed by atoms with Gasteiger partial charge in [-0.3, -0.25) is 9.59 Å². The van der Waals surface area contributed by atoms with Crippen LogP contribution in [0.15, 0.2) is 52.0 Å². The van der Waals surface area contributed by atoms with Crippen LogP contribution in [0.2, 0.25) is 5.02 Å². The molecule has 1 amide bonds. The van der Waals surface area contributed by atoms with Crippen LogP contribution >= 0.6 is 27.5 Å². The summed E-state index contributed by atoms with van der Waals surface area (Å²) in [6.45, 7) is 0.968. The Hall–Kier alpha value is -2.21. The van der Waals surface area contributed by atoms with Crippen molar-refractivity contribution in [3.05, 3.63) is 79.3 Å². The zero-order chi connectivity index (χ0) is 22.7. The number of methoxy groups -OCH3 is 1. The quantitative estimate of drug-likeness (QED) is 0.446. The van der Waals surface area contributed by atoms with E-state index < -0.39 is 0 Å². The molecule has 0 spiro atoms. The predicted octanol–water partition coefficient (Wildman–Crippen LogP) is 5.55. The predicted molar refractivity (Wildman–Crippen MR) is 132 cm³/mol. The summed E-state index contributed by atoms with van der Waals surface area (Å²) >= 11 is 9.74. The average Bonchev–Trinajstić information content (AvgIpc) is 3.34. The molecular formula is C26H25BrClNO3. The maximum absolute atomic E-state index is 13.4. The number of carbonyl (C=O) groups is 2. The molecule has 32 heavy (non-hydrogen) atoms. The second-order valence-electron chi connectivity index (χ2n) is 8.14. The van der Waals surface area contributed by atoms with Crippen LogP contribution in [0.1, 0.15) is 41.5 Å². The fraction of sp³-hybridized carbons (Fsp3) is 0.308. The topological polar surface area (TPSA) is 55.4 Å². The lowest BCUT2D eigenvalue weighted by molar-refractivity contribution is -0.121. The number of ether oxygens (including phenoxy) is 1. The Kier molecular flexibility index (Phi) is 7.29. The molecule has 0 saturated carbocycles. The minimum absolute atomic E-state index is 0.0503. The third kappa shape index (κ3) is 5.06. The summed E-state index contributed by atoms with van der Waals surface area (Å²) in [4.78, 5) is 25.3. The van der Waals surface area contributed by atoms with E-state index in [4.69, 9.17) is 16.3 Å². The van der Waals surface area contributed by atoms with Crippen LogP contribution in [-0.4, -0.2) is 32.0 Å². The molecule has 0 saturated heterocycles. The molecule has 4 rings (SSSR count). The lowest BCUT2D eigenvalue weighted by Crippen LogP contribution is -2.26. The van der Waals surface area contributed by atoms with Crippen molar-refractivity contribution in [2.45, 2.75) is 32.1 Å². The third-order valence-corrected chi connectivity index (χ3v) is 6.66. The molecule has 166 valence electrons. The normalized spacial score (nSPS) is 14.3. The highest BCUT2D eigenvalue weighted by molar-refractivity contribution is 9.10. The maximum Gasteiger partial charge on any atom is 0.220 e. The Bertz CT molecular complexity index is 1140. The molecule has 4 nitrogen and oxygen atoms in total. The van der Waals surface area contributed by atoms with Gasteiger partial charge in [0.15, 0.2) is 5.78 Å². The number of hydrogen-bond donors (Lipinski definition) is 1. The van der Waals surface area contributed by atoms with E-state index in [1.165, 1.54) is 11.1 Å². The molecule has 0 radical (unpaired) electrons. The van der Waals surface area contributed by atoms with Crippen molar-refractivity contribution < 1.29 is 14.3 Å². The molecule has 0 unspecified atom stereocenters. The minimum atomic E-state index is -0.0503. The van der Waals surface area contributed by atoms with Crippen LogP contribution in [0, 0.1) is 0 Å². The van der Waals surface area contributed by atoms with Crippen LogP contribution < -0.4 is 5.32 Å². The standard InChI is InChI=1S/C26H25BrClNO3/c1-32-10-9-29-25(31)4-2-3-24(30)26-22-8-6-20(27)13-19(22)15-23(26)18-11-16-5-7-21(28)14-17(16)12-18/h5-8,12-14H,2-4,9-11,15H2,1H3,(H,29,31). The SMILES string of the molecule is COCCNC(=O)CCCC(=O)C1=C(C2=Cc3cc(Cl)ccc3C2)Cc2cc(Br)ccc21. The highest BCUT2D eigenvalue weighted by Crippen LogP contribution is 2.42. The van der Waals surface area contributed by atoms with Crippen molar-refractivity contribution in [2.75, 3.05) is 20.3 Å². The van der Waals surface area contributed by atoms with Crippen molar-refractivity contribution in [2.24, 2.45) is 0 Å². The number of halogens is 2.